The Hall–Kier alpha value is -2.01. The van der Waals surface area contributed by atoms with Crippen LogP contribution in [0.25, 0.3) is 0 Å². The standard InChI is InChI=1S/C20H26N2O3/c1-14-8-9-19(25-14)20(23)22-11-15-5-3-7-18(17(15)13-22)21(2)12-16-6-4-10-24-16/h4,6,8-10,15,17-18H,3,5,7,11-13H2,1-2H3/t15-,17-,18+/m0/s1. The third-order valence-electron chi connectivity index (χ3n) is 5.85. The number of aryl methyl sites for hydroxylation is 1. The molecule has 5 heteroatoms. The number of hydrogen-bond donors (Lipinski definition) is 0. The fourth-order valence-electron chi connectivity index (χ4n) is 4.63. The van der Waals surface area contributed by atoms with Crippen molar-refractivity contribution in [1.82, 2.24) is 9.80 Å². The van der Waals surface area contributed by atoms with Crippen molar-refractivity contribution in [2.24, 2.45) is 11.8 Å². The molecule has 4 rings (SSSR count). The molecule has 1 saturated carbocycles. The largest absolute Gasteiger partial charge is 0.468 e. The van der Waals surface area contributed by atoms with Crippen molar-refractivity contribution < 1.29 is 13.6 Å². The molecule has 1 aliphatic carbocycles. The minimum atomic E-state index is 0.0370. The Kier molecular flexibility index (Phi) is 4.42. The number of amides is 1. The second kappa shape index (κ2) is 6.71. The highest BCUT2D eigenvalue weighted by Gasteiger charge is 2.43. The Morgan fingerprint density at radius 3 is 2.88 bits per heavy atom. The van der Waals surface area contributed by atoms with Crippen molar-refractivity contribution >= 4 is 5.91 Å². The van der Waals surface area contributed by atoms with E-state index < -0.39 is 0 Å². The number of hydrogen-bond acceptors (Lipinski definition) is 4. The molecular weight excluding hydrogens is 316 g/mol. The number of rotatable bonds is 4. The molecule has 1 amide bonds. The van der Waals surface area contributed by atoms with E-state index in [0.29, 0.717) is 23.6 Å². The van der Waals surface area contributed by atoms with Gasteiger partial charge in [-0.3, -0.25) is 9.69 Å². The Morgan fingerprint density at radius 1 is 1.28 bits per heavy atom. The fraction of sp³-hybridized carbons (Fsp3) is 0.550. The summed E-state index contributed by atoms with van der Waals surface area (Å²) in [5.74, 6) is 3.43. The van der Waals surface area contributed by atoms with Crippen LogP contribution in [0.3, 0.4) is 0 Å². The van der Waals surface area contributed by atoms with Crippen molar-refractivity contribution in [3.05, 3.63) is 47.8 Å². The van der Waals surface area contributed by atoms with Crippen molar-refractivity contribution in [3.63, 3.8) is 0 Å². The number of likely N-dealkylation sites (tertiary alicyclic amines) is 1. The summed E-state index contributed by atoms with van der Waals surface area (Å²) in [7, 11) is 2.18. The summed E-state index contributed by atoms with van der Waals surface area (Å²) in [6.07, 6.45) is 5.38. The first kappa shape index (κ1) is 16.5. The lowest BCUT2D eigenvalue weighted by atomic mass is 9.77. The van der Waals surface area contributed by atoms with Gasteiger partial charge in [0.2, 0.25) is 0 Å². The molecule has 0 aromatic carbocycles. The van der Waals surface area contributed by atoms with E-state index in [1.165, 1.54) is 19.3 Å². The third-order valence-corrected chi connectivity index (χ3v) is 5.85. The number of nitrogens with zero attached hydrogens (tertiary/aromatic N) is 2. The molecule has 5 nitrogen and oxygen atoms in total. The van der Waals surface area contributed by atoms with Gasteiger partial charge in [0.1, 0.15) is 11.5 Å². The molecule has 3 atom stereocenters. The van der Waals surface area contributed by atoms with E-state index in [0.717, 1.165) is 31.2 Å². The number of carbonyl (C=O) groups is 1. The second-order valence-corrected chi connectivity index (χ2v) is 7.54. The van der Waals surface area contributed by atoms with Crippen LogP contribution in [0.5, 0.6) is 0 Å². The molecule has 2 aliphatic rings. The number of carbonyl (C=O) groups excluding carboxylic acids is 1. The lowest BCUT2D eigenvalue weighted by Gasteiger charge is -2.38. The molecule has 3 heterocycles. The minimum absolute atomic E-state index is 0.0370. The first-order valence-electron chi connectivity index (χ1n) is 9.20. The molecule has 0 N–H and O–H groups in total. The highest BCUT2D eigenvalue weighted by atomic mass is 16.4. The Balaban J connectivity index is 1.45. The maximum Gasteiger partial charge on any atom is 0.289 e. The molecule has 1 saturated heterocycles. The molecule has 134 valence electrons. The van der Waals surface area contributed by atoms with E-state index in [1.807, 2.05) is 30.0 Å². The van der Waals surface area contributed by atoms with E-state index >= 15 is 0 Å². The lowest BCUT2D eigenvalue weighted by molar-refractivity contribution is 0.0735. The molecule has 0 bridgehead atoms. The quantitative estimate of drug-likeness (QED) is 0.852. The molecule has 2 aromatic heterocycles. The molecule has 0 spiro atoms. The molecule has 2 aromatic rings. The van der Waals surface area contributed by atoms with Gasteiger partial charge in [0, 0.05) is 19.1 Å². The highest BCUT2D eigenvalue weighted by molar-refractivity contribution is 5.91. The van der Waals surface area contributed by atoms with Crippen LogP contribution in [0.2, 0.25) is 0 Å². The molecule has 25 heavy (non-hydrogen) atoms. The number of furan rings is 2. The van der Waals surface area contributed by atoms with Crippen LogP contribution in [-0.4, -0.2) is 41.9 Å². The fourth-order valence-corrected chi connectivity index (χ4v) is 4.63. The van der Waals surface area contributed by atoms with Crippen LogP contribution < -0.4 is 0 Å². The average Bonchev–Trinajstić information content (AvgIpc) is 3.33. The SMILES string of the molecule is Cc1ccc(C(=O)N2C[C@@H]3CCC[C@@H](N(C)Cc4ccco4)[C@H]3C2)o1. The summed E-state index contributed by atoms with van der Waals surface area (Å²) in [5.41, 5.74) is 0. The summed E-state index contributed by atoms with van der Waals surface area (Å²) in [5, 5.41) is 0. The topological polar surface area (TPSA) is 49.8 Å². The third kappa shape index (κ3) is 3.25. The van der Waals surface area contributed by atoms with Gasteiger partial charge in [0.05, 0.1) is 12.8 Å². The minimum Gasteiger partial charge on any atom is -0.468 e. The summed E-state index contributed by atoms with van der Waals surface area (Å²) in [4.78, 5) is 17.1. The van der Waals surface area contributed by atoms with Gasteiger partial charge in [0.15, 0.2) is 5.76 Å². The number of fused-ring (bicyclic) bond motifs is 1. The predicted molar refractivity (Wildman–Crippen MR) is 94.1 cm³/mol. The van der Waals surface area contributed by atoms with Gasteiger partial charge in [-0.25, -0.2) is 0 Å². The first-order chi connectivity index (χ1) is 12.1. The highest BCUT2D eigenvalue weighted by Crippen LogP contribution is 2.39. The van der Waals surface area contributed by atoms with Crippen LogP contribution in [0.4, 0.5) is 0 Å². The maximum atomic E-state index is 12.7. The zero-order valence-corrected chi connectivity index (χ0v) is 15.0. The van der Waals surface area contributed by atoms with Crippen molar-refractivity contribution in [2.45, 2.75) is 38.8 Å². The van der Waals surface area contributed by atoms with Crippen molar-refractivity contribution in [1.29, 1.82) is 0 Å². The van der Waals surface area contributed by atoms with Gasteiger partial charge in [-0.1, -0.05) is 6.42 Å². The Bertz CT molecular complexity index is 721. The van der Waals surface area contributed by atoms with Gasteiger partial charge < -0.3 is 13.7 Å². The van der Waals surface area contributed by atoms with E-state index in [-0.39, 0.29) is 5.91 Å². The Morgan fingerprint density at radius 2 is 2.16 bits per heavy atom. The summed E-state index contributed by atoms with van der Waals surface area (Å²) >= 11 is 0. The van der Waals surface area contributed by atoms with Gasteiger partial charge in [-0.2, -0.15) is 0 Å². The smallest absolute Gasteiger partial charge is 0.289 e. The normalized spacial score (nSPS) is 26.2. The first-order valence-corrected chi connectivity index (χ1v) is 9.20. The zero-order chi connectivity index (χ0) is 17.4. The predicted octanol–water partition coefficient (Wildman–Crippen LogP) is 3.55. The lowest BCUT2D eigenvalue weighted by Crippen LogP contribution is -2.43. The van der Waals surface area contributed by atoms with E-state index in [1.54, 1.807) is 12.3 Å². The van der Waals surface area contributed by atoms with Crippen LogP contribution in [0, 0.1) is 18.8 Å². The van der Waals surface area contributed by atoms with Crippen LogP contribution in [-0.2, 0) is 6.54 Å². The van der Waals surface area contributed by atoms with Gasteiger partial charge in [-0.05, 0) is 62.9 Å². The van der Waals surface area contributed by atoms with E-state index in [2.05, 4.69) is 11.9 Å². The summed E-state index contributed by atoms with van der Waals surface area (Å²) in [6, 6.07) is 8.12. The van der Waals surface area contributed by atoms with Crippen LogP contribution >= 0.6 is 0 Å². The summed E-state index contributed by atoms with van der Waals surface area (Å²) < 4.78 is 11.0. The van der Waals surface area contributed by atoms with Gasteiger partial charge in [0.25, 0.3) is 5.91 Å². The molecular formula is C20H26N2O3. The van der Waals surface area contributed by atoms with Crippen molar-refractivity contribution in [2.75, 3.05) is 20.1 Å². The van der Waals surface area contributed by atoms with Crippen LogP contribution in [0.1, 0.15) is 41.3 Å². The van der Waals surface area contributed by atoms with Gasteiger partial charge in [-0.15, -0.1) is 0 Å². The van der Waals surface area contributed by atoms with E-state index in [9.17, 15) is 4.79 Å². The molecule has 0 unspecified atom stereocenters. The van der Waals surface area contributed by atoms with Gasteiger partial charge >= 0.3 is 0 Å². The van der Waals surface area contributed by atoms with Crippen LogP contribution in [0.15, 0.2) is 39.4 Å². The zero-order valence-electron chi connectivity index (χ0n) is 15.0. The molecule has 0 radical (unpaired) electrons. The summed E-state index contributed by atoms with van der Waals surface area (Å²) in [6.45, 7) is 4.39. The second-order valence-electron chi connectivity index (χ2n) is 7.54. The molecule has 1 aliphatic heterocycles. The Labute approximate surface area is 148 Å². The average molecular weight is 342 g/mol. The molecule has 2 fully saturated rings. The van der Waals surface area contributed by atoms with Crippen molar-refractivity contribution in [3.8, 4) is 0 Å². The maximum absolute atomic E-state index is 12.7. The van der Waals surface area contributed by atoms with E-state index in [4.69, 9.17) is 8.83 Å². The monoisotopic (exact) mass is 342 g/mol.